The van der Waals surface area contributed by atoms with Gasteiger partial charge in [-0.25, -0.2) is 9.59 Å². The fourth-order valence-electron chi connectivity index (χ4n) is 3.09. The van der Waals surface area contributed by atoms with Crippen molar-refractivity contribution in [3.63, 3.8) is 0 Å². The van der Waals surface area contributed by atoms with Crippen molar-refractivity contribution < 1.29 is 33.3 Å². The van der Waals surface area contributed by atoms with E-state index in [0.717, 1.165) is 0 Å². The lowest BCUT2D eigenvalue weighted by atomic mass is 10.1. The summed E-state index contributed by atoms with van der Waals surface area (Å²) in [6.45, 7) is 7.51. The Balaban J connectivity index is 0.000000880. The molecule has 0 aromatic heterocycles. The third-order valence-corrected chi connectivity index (χ3v) is 4.05. The highest BCUT2D eigenvalue weighted by Gasteiger charge is 2.64. The van der Waals surface area contributed by atoms with Crippen LogP contribution in [-0.4, -0.2) is 48.4 Å². The molecule has 3 aliphatic rings. The molecule has 3 aliphatic heterocycles. The van der Waals surface area contributed by atoms with Gasteiger partial charge in [0.25, 0.3) is 0 Å². The van der Waals surface area contributed by atoms with E-state index in [1.54, 1.807) is 44.2 Å². The molecule has 0 spiro atoms. The summed E-state index contributed by atoms with van der Waals surface area (Å²) < 4.78 is 27.6. The number of hydrogen-bond acceptors (Lipinski definition) is 7. The molecule has 0 bridgehead atoms. The van der Waals surface area contributed by atoms with Crippen molar-refractivity contribution in [1.82, 2.24) is 0 Å². The molecular weight excluding hydrogens is 328 g/mol. The zero-order valence-corrected chi connectivity index (χ0v) is 14.6. The molecule has 7 heteroatoms. The standard InChI is InChI=1S/C16H16O7.C2H6/c1-16(2)22-12-10-9(21-15(12)23-16)11(14(18)19-10)20-13(17)8-6-4-3-5-7-8;1-2/h3-7,9-12,15H,1-2H3;1-2H3/t9-,10-,11?,12?,15?;/m0./s1. The first kappa shape index (κ1) is 17.8. The average Bonchev–Trinajstić information content (AvgIpc) is 3.18. The van der Waals surface area contributed by atoms with Crippen molar-refractivity contribution in [2.24, 2.45) is 0 Å². The maximum absolute atomic E-state index is 12.1. The van der Waals surface area contributed by atoms with Gasteiger partial charge in [0, 0.05) is 0 Å². The van der Waals surface area contributed by atoms with Gasteiger partial charge in [0.05, 0.1) is 5.56 Å². The van der Waals surface area contributed by atoms with Gasteiger partial charge in [-0.15, -0.1) is 0 Å². The third-order valence-electron chi connectivity index (χ3n) is 4.05. The number of hydrogen-bond donors (Lipinski definition) is 0. The molecule has 0 radical (unpaired) electrons. The van der Waals surface area contributed by atoms with Crippen LogP contribution in [-0.2, 0) is 28.5 Å². The van der Waals surface area contributed by atoms with E-state index in [9.17, 15) is 9.59 Å². The predicted molar refractivity (Wildman–Crippen MR) is 85.6 cm³/mol. The van der Waals surface area contributed by atoms with E-state index >= 15 is 0 Å². The van der Waals surface area contributed by atoms with E-state index in [4.69, 9.17) is 23.7 Å². The summed E-state index contributed by atoms with van der Waals surface area (Å²) in [6, 6.07) is 8.44. The Morgan fingerprint density at radius 1 is 1.04 bits per heavy atom. The van der Waals surface area contributed by atoms with Crippen molar-refractivity contribution in [3.05, 3.63) is 35.9 Å². The van der Waals surface area contributed by atoms with E-state index in [0.29, 0.717) is 5.56 Å². The molecule has 0 saturated carbocycles. The fourth-order valence-corrected chi connectivity index (χ4v) is 3.09. The number of ether oxygens (including phenoxy) is 5. The number of carbonyl (C=O) groups excluding carboxylic acids is 2. The second-order valence-corrected chi connectivity index (χ2v) is 6.16. The molecule has 136 valence electrons. The summed E-state index contributed by atoms with van der Waals surface area (Å²) in [6.07, 6.45) is -3.62. The number of esters is 2. The molecule has 1 aromatic rings. The van der Waals surface area contributed by atoms with Gasteiger partial charge >= 0.3 is 11.9 Å². The Bertz CT molecular complexity index is 642. The van der Waals surface area contributed by atoms with Gasteiger partial charge in [0.15, 0.2) is 24.3 Å². The second kappa shape index (κ2) is 6.74. The second-order valence-electron chi connectivity index (χ2n) is 6.16. The SMILES string of the molecule is CC.CC1(C)OC2O[C@@H]3C(OC(=O)c4ccccc4)C(=O)O[C@@H]3C2O1. The summed E-state index contributed by atoms with van der Waals surface area (Å²) in [7, 11) is 0. The van der Waals surface area contributed by atoms with Crippen molar-refractivity contribution in [1.29, 1.82) is 0 Å². The molecule has 25 heavy (non-hydrogen) atoms. The van der Waals surface area contributed by atoms with Crippen LogP contribution in [0.2, 0.25) is 0 Å². The minimum Gasteiger partial charge on any atom is -0.454 e. The number of fused-ring (bicyclic) bond motifs is 3. The van der Waals surface area contributed by atoms with Crippen LogP contribution in [0.1, 0.15) is 38.1 Å². The predicted octanol–water partition coefficient (Wildman–Crippen LogP) is 2.04. The van der Waals surface area contributed by atoms with E-state index < -0.39 is 48.4 Å². The zero-order valence-electron chi connectivity index (χ0n) is 14.6. The van der Waals surface area contributed by atoms with Crippen LogP contribution >= 0.6 is 0 Å². The molecule has 3 fully saturated rings. The Morgan fingerprint density at radius 3 is 2.40 bits per heavy atom. The van der Waals surface area contributed by atoms with Crippen molar-refractivity contribution >= 4 is 11.9 Å². The summed E-state index contributed by atoms with van der Waals surface area (Å²) in [5, 5.41) is 0. The molecule has 3 saturated heterocycles. The van der Waals surface area contributed by atoms with E-state index in [-0.39, 0.29) is 0 Å². The van der Waals surface area contributed by atoms with Crippen LogP contribution < -0.4 is 0 Å². The molecule has 5 atom stereocenters. The monoisotopic (exact) mass is 350 g/mol. The van der Waals surface area contributed by atoms with E-state index in [1.165, 1.54) is 0 Å². The highest BCUT2D eigenvalue weighted by molar-refractivity contribution is 5.92. The molecule has 0 N–H and O–H groups in total. The minimum absolute atomic E-state index is 0.357. The summed E-state index contributed by atoms with van der Waals surface area (Å²) in [5.41, 5.74) is 0.357. The normalized spacial score (nSPS) is 34.4. The van der Waals surface area contributed by atoms with Crippen molar-refractivity contribution in [2.75, 3.05) is 0 Å². The van der Waals surface area contributed by atoms with Crippen LogP contribution in [0.4, 0.5) is 0 Å². The van der Waals surface area contributed by atoms with Gasteiger partial charge in [0.2, 0.25) is 6.10 Å². The average molecular weight is 350 g/mol. The largest absolute Gasteiger partial charge is 0.454 e. The van der Waals surface area contributed by atoms with Gasteiger partial charge in [-0.3, -0.25) is 0 Å². The molecule has 0 aliphatic carbocycles. The molecular formula is C18H22O7. The minimum atomic E-state index is -1.12. The van der Waals surface area contributed by atoms with Gasteiger partial charge < -0.3 is 23.7 Å². The van der Waals surface area contributed by atoms with Gasteiger partial charge in [0.1, 0.15) is 6.10 Å². The lowest BCUT2D eigenvalue weighted by Crippen LogP contribution is -2.37. The van der Waals surface area contributed by atoms with Crippen LogP contribution in [0.15, 0.2) is 30.3 Å². The fraction of sp³-hybridized carbons (Fsp3) is 0.556. The number of benzene rings is 1. The highest BCUT2D eigenvalue weighted by atomic mass is 16.8. The lowest BCUT2D eigenvalue weighted by molar-refractivity contribution is -0.214. The molecule has 4 rings (SSSR count). The third kappa shape index (κ3) is 3.27. The van der Waals surface area contributed by atoms with E-state index in [1.807, 2.05) is 13.8 Å². The Morgan fingerprint density at radius 2 is 1.72 bits per heavy atom. The first-order valence-corrected chi connectivity index (χ1v) is 8.42. The van der Waals surface area contributed by atoms with Crippen LogP contribution in [0.3, 0.4) is 0 Å². The molecule has 0 amide bonds. The Hall–Kier alpha value is -1.96. The van der Waals surface area contributed by atoms with Crippen molar-refractivity contribution in [2.45, 2.75) is 64.2 Å². The van der Waals surface area contributed by atoms with Gasteiger partial charge in [-0.05, 0) is 26.0 Å². The molecule has 1 aromatic carbocycles. The quantitative estimate of drug-likeness (QED) is 0.755. The molecule has 3 unspecified atom stereocenters. The smallest absolute Gasteiger partial charge is 0.350 e. The highest BCUT2D eigenvalue weighted by Crippen LogP contribution is 2.43. The van der Waals surface area contributed by atoms with E-state index in [2.05, 4.69) is 0 Å². The van der Waals surface area contributed by atoms with Gasteiger partial charge in [-0.2, -0.15) is 0 Å². The maximum atomic E-state index is 12.1. The molecule has 3 heterocycles. The first-order chi connectivity index (χ1) is 11.9. The topological polar surface area (TPSA) is 80.3 Å². The Labute approximate surface area is 146 Å². The number of carbonyl (C=O) groups is 2. The maximum Gasteiger partial charge on any atom is 0.350 e. The first-order valence-electron chi connectivity index (χ1n) is 8.42. The van der Waals surface area contributed by atoms with Gasteiger partial charge in [-0.1, -0.05) is 32.0 Å². The van der Waals surface area contributed by atoms with Crippen LogP contribution in [0.5, 0.6) is 0 Å². The summed E-state index contributed by atoms with van der Waals surface area (Å²) in [5.74, 6) is -2.03. The zero-order chi connectivity index (χ0) is 18.2. The molecule has 7 nitrogen and oxygen atoms in total. The summed E-state index contributed by atoms with van der Waals surface area (Å²) in [4.78, 5) is 24.2. The van der Waals surface area contributed by atoms with Crippen LogP contribution in [0, 0.1) is 0 Å². The lowest BCUT2D eigenvalue weighted by Gasteiger charge is -2.21. The summed E-state index contributed by atoms with van der Waals surface area (Å²) >= 11 is 0. The van der Waals surface area contributed by atoms with Crippen molar-refractivity contribution in [3.8, 4) is 0 Å². The number of rotatable bonds is 2. The Kier molecular flexibility index (Phi) is 4.81. The van der Waals surface area contributed by atoms with Crippen LogP contribution in [0.25, 0.3) is 0 Å².